The van der Waals surface area contributed by atoms with Crippen LogP contribution in [0.4, 0.5) is 0 Å². The Hall–Kier alpha value is -0.370. The molecule has 1 aromatic rings. The van der Waals surface area contributed by atoms with E-state index in [0.717, 1.165) is 10.5 Å². The Labute approximate surface area is 210 Å². The fourth-order valence-corrected chi connectivity index (χ4v) is 5.29. The highest BCUT2D eigenvalue weighted by molar-refractivity contribution is 9.10. The highest BCUT2D eigenvalue weighted by atomic mass is 79.9. The van der Waals surface area contributed by atoms with Crippen LogP contribution >= 0.6 is 15.9 Å². The van der Waals surface area contributed by atoms with Gasteiger partial charge in [0.25, 0.3) is 0 Å². The second kappa shape index (κ2) is 22.4. The van der Waals surface area contributed by atoms with Crippen LogP contribution in [0.25, 0.3) is 0 Å². The van der Waals surface area contributed by atoms with Gasteiger partial charge in [-0.2, -0.15) is 0 Å². The Kier molecular flexibility index (Phi) is 20.8. The topological polar surface area (TPSA) is 12.9 Å². The van der Waals surface area contributed by atoms with E-state index in [1.807, 2.05) is 6.20 Å². The van der Waals surface area contributed by atoms with Crippen molar-refractivity contribution < 1.29 is 0 Å². The number of rotatable bonds is 23. The van der Waals surface area contributed by atoms with Crippen molar-refractivity contribution in [2.24, 2.45) is 0 Å². The van der Waals surface area contributed by atoms with Crippen LogP contribution < -0.4 is 0 Å². The first-order valence-corrected chi connectivity index (χ1v) is 15.2. The molecule has 0 atom stereocenters. The molecule has 0 aliphatic carbocycles. The molecule has 0 aromatic carbocycles. The van der Waals surface area contributed by atoms with Gasteiger partial charge in [-0.25, -0.2) is 4.98 Å². The maximum atomic E-state index is 4.35. The summed E-state index contributed by atoms with van der Waals surface area (Å²) in [6.07, 6.45) is 33.2. The Balaban J connectivity index is 2.17. The van der Waals surface area contributed by atoms with Crippen molar-refractivity contribution in [1.29, 1.82) is 0 Å². The number of unbranched alkanes of at least 4 members (excludes halogenated alkanes) is 18. The van der Waals surface area contributed by atoms with Crippen LogP contribution in [0.5, 0.6) is 0 Å². The van der Waals surface area contributed by atoms with E-state index in [-0.39, 0.29) is 0 Å². The summed E-state index contributed by atoms with van der Waals surface area (Å²) in [5.41, 5.74) is 1.50. The van der Waals surface area contributed by atoms with Crippen LogP contribution in [-0.2, 0) is 0 Å². The van der Waals surface area contributed by atoms with Crippen molar-refractivity contribution in [1.82, 2.24) is 4.98 Å². The maximum Gasteiger partial charge on any atom is 0.106 e. The van der Waals surface area contributed by atoms with Gasteiger partial charge >= 0.3 is 0 Å². The summed E-state index contributed by atoms with van der Waals surface area (Å²) in [4.78, 5) is 4.35. The van der Waals surface area contributed by atoms with E-state index in [0.29, 0.717) is 0 Å². The average Bonchev–Trinajstić information content (AvgIpc) is 2.80. The molecular weight excluding hydrogens is 454 g/mol. The SMILES string of the molecule is CCCCCCCCCCCCC(CCCCCCCCCCCC)c1ccnc(Br)c1. The van der Waals surface area contributed by atoms with Gasteiger partial charge in [-0.05, 0) is 52.4 Å². The minimum Gasteiger partial charge on any atom is -0.249 e. The van der Waals surface area contributed by atoms with Crippen molar-refractivity contribution in [3.8, 4) is 0 Å². The lowest BCUT2D eigenvalue weighted by atomic mass is 9.88. The third kappa shape index (κ3) is 17.2. The first-order valence-electron chi connectivity index (χ1n) is 14.4. The van der Waals surface area contributed by atoms with Gasteiger partial charge in [-0.1, -0.05) is 142 Å². The zero-order chi connectivity index (χ0) is 23.1. The van der Waals surface area contributed by atoms with Crippen LogP contribution in [0.2, 0.25) is 0 Å². The van der Waals surface area contributed by atoms with Crippen LogP contribution in [0.15, 0.2) is 22.9 Å². The normalized spacial score (nSPS) is 11.5. The van der Waals surface area contributed by atoms with Gasteiger partial charge < -0.3 is 0 Å². The van der Waals surface area contributed by atoms with E-state index in [2.05, 4.69) is 46.9 Å². The van der Waals surface area contributed by atoms with Gasteiger partial charge in [0.15, 0.2) is 0 Å². The van der Waals surface area contributed by atoms with Crippen molar-refractivity contribution in [2.75, 3.05) is 0 Å². The smallest absolute Gasteiger partial charge is 0.106 e. The lowest BCUT2D eigenvalue weighted by Gasteiger charge is -2.18. The number of hydrogen-bond acceptors (Lipinski definition) is 1. The molecule has 0 spiro atoms. The molecule has 32 heavy (non-hydrogen) atoms. The van der Waals surface area contributed by atoms with E-state index >= 15 is 0 Å². The molecule has 0 saturated carbocycles. The highest BCUT2D eigenvalue weighted by Crippen LogP contribution is 2.30. The van der Waals surface area contributed by atoms with Gasteiger partial charge in [0.2, 0.25) is 0 Å². The lowest BCUT2D eigenvalue weighted by molar-refractivity contribution is 0.480. The van der Waals surface area contributed by atoms with Crippen molar-refractivity contribution in [2.45, 2.75) is 161 Å². The van der Waals surface area contributed by atoms with E-state index in [4.69, 9.17) is 0 Å². The third-order valence-corrected chi connectivity index (χ3v) is 7.47. The van der Waals surface area contributed by atoms with E-state index in [1.54, 1.807) is 0 Å². The van der Waals surface area contributed by atoms with Crippen LogP contribution in [0.1, 0.15) is 167 Å². The third-order valence-electron chi connectivity index (χ3n) is 7.03. The molecule has 0 saturated heterocycles. The standard InChI is InChI=1S/C30H54BrN/c1-3-5-7-9-11-13-15-17-19-21-23-28(29-25-26-32-30(31)27-29)24-22-20-18-16-14-12-10-8-6-4-2/h25-28H,3-24H2,1-2H3. The Morgan fingerprint density at radius 1 is 0.594 bits per heavy atom. The molecule has 0 N–H and O–H groups in total. The Morgan fingerprint density at radius 2 is 0.969 bits per heavy atom. The summed E-state index contributed by atoms with van der Waals surface area (Å²) < 4.78 is 0.992. The zero-order valence-electron chi connectivity index (χ0n) is 21.7. The minimum atomic E-state index is 0.720. The fourth-order valence-electron chi connectivity index (χ4n) is 4.91. The number of aromatic nitrogens is 1. The molecule has 0 amide bonds. The minimum absolute atomic E-state index is 0.720. The Morgan fingerprint density at radius 3 is 1.34 bits per heavy atom. The second-order valence-corrected chi connectivity index (χ2v) is 10.9. The van der Waals surface area contributed by atoms with Gasteiger partial charge in [-0.3, -0.25) is 0 Å². The zero-order valence-corrected chi connectivity index (χ0v) is 23.3. The lowest BCUT2D eigenvalue weighted by Crippen LogP contribution is -2.00. The average molecular weight is 509 g/mol. The molecule has 0 bridgehead atoms. The molecule has 1 heterocycles. The van der Waals surface area contributed by atoms with Crippen LogP contribution in [0.3, 0.4) is 0 Å². The Bertz CT molecular complexity index is 491. The molecule has 0 aliphatic heterocycles. The van der Waals surface area contributed by atoms with E-state index in [9.17, 15) is 0 Å². The molecule has 0 radical (unpaired) electrons. The highest BCUT2D eigenvalue weighted by Gasteiger charge is 2.12. The first-order chi connectivity index (χ1) is 15.8. The largest absolute Gasteiger partial charge is 0.249 e. The number of halogens is 1. The summed E-state index contributed by atoms with van der Waals surface area (Å²) in [6.45, 7) is 4.60. The number of nitrogens with zero attached hydrogens (tertiary/aromatic N) is 1. The summed E-state index contributed by atoms with van der Waals surface area (Å²) >= 11 is 3.58. The summed E-state index contributed by atoms with van der Waals surface area (Å²) in [5, 5.41) is 0. The summed E-state index contributed by atoms with van der Waals surface area (Å²) in [7, 11) is 0. The van der Waals surface area contributed by atoms with E-state index < -0.39 is 0 Å². The van der Waals surface area contributed by atoms with Gasteiger partial charge in [0, 0.05) is 6.20 Å². The molecule has 0 fully saturated rings. The van der Waals surface area contributed by atoms with Crippen molar-refractivity contribution >= 4 is 15.9 Å². The predicted molar refractivity (Wildman–Crippen MR) is 148 cm³/mol. The van der Waals surface area contributed by atoms with Crippen molar-refractivity contribution in [3.05, 3.63) is 28.5 Å². The molecule has 1 aromatic heterocycles. The van der Waals surface area contributed by atoms with E-state index in [1.165, 1.54) is 147 Å². The van der Waals surface area contributed by atoms with Gasteiger partial charge in [0.1, 0.15) is 4.60 Å². The number of pyridine rings is 1. The quantitative estimate of drug-likeness (QED) is 0.106. The van der Waals surface area contributed by atoms with Crippen LogP contribution in [0, 0.1) is 0 Å². The van der Waals surface area contributed by atoms with Gasteiger partial charge in [-0.15, -0.1) is 0 Å². The molecular formula is C30H54BrN. The van der Waals surface area contributed by atoms with Gasteiger partial charge in [0.05, 0.1) is 0 Å². The van der Waals surface area contributed by atoms with Crippen LogP contribution in [-0.4, -0.2) is 4.98 Å². The van der Waals surface area contributed by atoms with Crippen molar-refractivity contribution in [3.63, 3.8) is 0 Å². The molecule has 0 unspecified atom stereocenters. The molecule has 1 rings (SSSR count). The first kappa shape index (κ1) is 29.7. The summed E-state index contributed by atoms with van der Waals surface area (Å²) in [5.74, 6) is 0.720. The molecule has 2 heteroatoms. The molecule has 186 valence electrons. The predicted octanol–water partition coefficient (Wildman–Crippen LogP) is 11.5. The summed E-state index contributed by atoms with van der Waals surface area (Å²) in [6, 6.07) is 4.51. The molecule has 0 aliphatic rings. The monoisotopic (exact) mass is 507 g/mol. The number of hydrogen-bond donors (Lipinski definition) is 0. The fraction of sp³-hybridized carbons (Fsp3) is 0.833. The maximum absolute atomic E-state index is 4.35. The second-order valence-electron chi connectivity index (χ2n) is 10.1. The molecule has 1 nitrogen and oxygen atoms in total.